The molecule has 1 aliphatic heterocycles. The lowest BCUT2D eigenvalue weighted by atomic mass is 9.95. The van der Waals surface area contributed by atoms with Crippen molar-refractivity contribution < 1.29 is 9.15 Å². The number of hydrogen-bond donors (Lipinski definition) is 1. The Labute approximate surface area is 104 Å². The van der Waals surface area contributed by atoms with E-state index in [1.807, 2.05) is 13.8 Å². The van der Waals surface area contributed by atoms with Gasteiger partial charge in [0.25, 0.3) is 0 Å². The van der Waals surface area contributed by atoms with Crippen LogP contribution in [0.5, 0.6) is 0 Å². The van der Waals surface area contributed by atoms with E-state index in [1.54, 1.807) is 0 Å². The number of hydrogen-bond acceptors (Lipinski definition) is 3. The second kappa shape index (κ2) is 4.83. The van der Waals surface area contributed by atoms with E-state index in [1.165, 1.54) is 5.56 Å². The van der Waals surface area contributed by atoms with Gasteiger partial charge in [0.2, 0.25) is 0 Å². The largest absolute Gasteiger partial charge is 0.466 e. The van der Waals surface area contributed by atoms with Crippen LogP contribution in [0.4, 0.5) is 0 Å². The Morgan fingerprint density at radius 3 is 2.82 bits per heavy atom. The first-order chi connectivity index (χ1) is 8.04. The summed E-state index contributed by atoms with van der Waals surface area (Å²) in [6.07, 6.45) is 2.32. The van der Waals surface area contributed by atoms with Gasteiger partial charge in [-0.15, -0.1) is 0 Å². The summed E-state index contributed by atoms with van der Waals surface area (Å²) in [6.45, 7) is 10.2. The van der Waals surface area contributed by atoms with Gasteiger partial charge in [-0.05, 0) is 39.7 Å². The van der Waals surface area contributed by atoms with Gasteiger partial charge in [-0.1, -0.05) is 6.92 Å². The standard InChI is InChI=1S/C14H23NO2/c1-5-14(4)6-7-16-13(9-15-14)12-8-10(2)17-11(12)3/h8,13,15H,5-7,9H2,1-4H3. The Morgan fingerprint density at radius 2 is 2.24 bits per heavy atom. The van der Waals surface area contributed by atoms with Gasteiger partial charge in [0.1, 0.15) is 11.5 Å². The fourth-order valence-corrected chi connectivity index (χ4v) is 2.38. The normalized spacial score (nSPS) is 30.2. The molecule has 0 saturated carbocycles. The molecule has 1 fully saturated rings. The highest BCUT2D eigenvalue weighted by Gasteiger charge is 2.28. The average molecular weight is 237 g/mol. The summed E-state index contributed by atoms with van der Waals surface area (Å²) in [6, 6.07) is 2.09. The predicted octanol–water partition coefficient (Wildman–Crippen LogP) is 3.12. The molecule has 1 aromatic heterocycles. The Bertz CT molecular complexity index is 386. The summed E-state index contributed by atoms with van der Waals surface area (Å²) >= 11 is 0. The lowest BCUT2D eigenvalue weighted by molar-refractivity contribution is 0.0643. The molecule has 3 heteroatoms. The predicted molar refractivity (Wildman–Crippen MR) is 68.2 cm³/mol. The van der Waals surface area contributed by atoms with E-state index < -0.39 is 0 Å². The third kappa shape index (κ3) is 2.72. The molecule has 2 heterocycles. The molecule has 2 unspecified atom stereocenters. The molecule has 2 atom stereocenters. The molecular formula is C14H23NO2. The van der Waals surface area contributed by atoms with Gasteiger partial charge < -0.3 is 14.5 Å². The van der Waals surface area contributed by atoms with Crippen LogP contribution in [-0.4, -0.2) is 18.7 Å². The van der Waals surface area contributed by atoms with Gasteiger partial charge in [-0.2, -0.15) is 0 Å². The van der Waals surface area contributed by atoms with E-state index in [0.29, 0.717) is 0 Å². The zero-order valence-electron chi connectivity index (χ0n) is 11.3. The monoisotopic (exact) mass is 237 g/mol. The Balaban J connectivity index is 2.11. The van der Waals surface area contributed by atoms with Crippen LogP contribution in [0.1, 0.15) is 49.9 Å². The minimum atomic E-state index is 0.126. The molecule has 2 rings (SSSR count). The summed E-state index contributed by atoms with van der Waals surface area (Å²) in [5, 5.41) is 3.63. The molecule has 0 aromatic carbocycles. The minimum Gasteiger partial charge on any atom is -0.466 e. The second-order valence-corrected chi connectivity index (χ2v) is 5.27. The third-order valence-corrected chi connectivity index (χ3v) is 3.89. The van der Waals surface area contributed by atoms with Gasteiger partial charge in [-0.25, -0.2) is 0 Å². The molecule has 1 aromatic rings. The van der Waals surface area contributed by atoms with Crippen LogP contribution in [0, 0.1) is 13.8 Å². The van der Waals surface area contributed by atoms with E-state index in [4.69, 9.17) is 9.15 Å². The van der Waals surface area contributed by atoms with Crippen LogP contribution in [0.2, 0.25) is 0 Å². The van der Waals surface area contributed by atoms with Crippen LogP contribution in [0.3, 0.4) is 0 Å². The van der Waals surface area contributed by atoms with Crippen molar-refractivity contribution >= 4 is 0 Å². The molecule has 1 saturated heterocycles. The number of nitrogens with one attached hydrogen (secondary N) is 1. The van der Waals surface area contributed by atoms with E-state index >= 15 is 0 Å². The summed E-state index contributed by atoms with van der Waals surface area (Å²) in [5.74, 6) is 1.94. The molecule has 0 spiro atoms. The van der Waals surface area contributed by atoms with Crippen LogP contribution >= 0.6 is 0 Å². The topological polar surface area (TPSA) is 34.4 Å². The van der Waals surface area contributed by atoms with Crippen LogP contribution < -0.4 is 5.32 Å². The molecule has 0 amide bonds. The highest BCUT2D eigenvalue weighted by atomic mass is 16.5. The van der Waals surface area contributed by atoms with Crippen molar-refractivity contribution in [2.75, 3.05) is 13.2 Å². The van der Waals surface area contributed by atoms with E-state index in [2.05, 4.69) is 25.2 Å². The average Bonchev–Trinajstić information content (AvgIpc) is 2.50. The second-order valence-electron chi connectivity index (χ2n) is 5.27. The highest BCUT2D eigenvalue weighted by molar-refractivity contribution is 5.23. The van der Waals surface area contributed by atoms with Crippen molar-refractivity contribution in [2.24, 2.45) is 0 Å². The fourth-order valence-electron chi connectivity index (χ4n) is 2.38. The number of ether oxygens (including phenoxy) is 1. The zero-order chi connectivity index (χ0) is 12.5. The first kappa shape index (κ1) is 12.7. The van der Waals surface area contributed by atoms with Crippen molar-refractivity contribution in [3.8, 4) is 0 Å². The fraction of sp³-hybridized carbons (Fsp3) is 0.714. The Kier molecular flexibility index (Phi) is 3.59. The summed E-state index contributed by atoms with van der Waals surface area (Å²) in [4.78, 5) is 0. The molecule has 17 heavy (non-hydrogen) atoms. The summed E-state index contributed by atoms with van der Waals surface area (Å²) < 4.78 is 11.5. The molecule has 1 N–H and O–H groups in total. The number of rotatable bonds is 2. The Morgan fingerprint density at radius 1 is 1.47 bits per heavy atom. The minimum absolute atomic E-state index is 0.126. The van der Waals surface area contributed by atoms with E-state index in [9.17, 15) is 0 Å². The van der Waals surface area contributed by atoms with Crippen molar-refractivity contribution in [3.63, 3.8) is 0 Å². The van der Waals surface area contributed by atoms with Gasteiger partial charge in [0, 0.05) is 24.3 Å². The molecule has 0 radical (unpaired) electrons. The van der Waals surface area contributed by atoms with Crippen LogP contribution in [0.25, 0.3) is 0 Å². The maximum absolute atomic E-state index is 5.96. The van der Waals surface area contributed by atoms with Gasteiger partial charge >= 0.3 is 0 Å². The highest BCUT2D eigenvalue weighted by Crippen LogP contribution is 2.28. The van der Waals surface area contributed by atoms with Crippen LogP contribution in [0.15, 0.2) is 10.5 Å². The van der Waals surface area contributed by atoms with Crippen LogP contribution in [-0.2, 0) is 4.74 Å². The quantitative estimate of drug-likeness (QED) is 0.858. The van der Waals surface area contributed by atoms with Crippen molar-refractivity contribution in [1.82, 2.24) is 5.32 Å². The first-order valence-corrected chi connectivity index (χ1v) is 6.47. The Hall–Kier alpha value is -0.800. The van der Waals surface area contributed by atoms with Gasteiger partial charge in [0.15, 0.2) is 0 Å². The lowest BCUT2D eigenvalue weighted by Gasteiger charge is -2.27. The van der Waals surface area contributed by atoms with E-state index in [-0.39, 0.29) is 11.6 Å². The SMILES string of the molecule is CCC1(C)CCOC(c2cc(C)oc2C)CN1. The molecule has 0 bridgehead atoms. The zero-order valence-corrected chi connectivity index (χ0v) is 11.3. The molecular weight excluding hydrogens is 214 g/mol. The van der Waals surface area contributed by atoms with Crippen molar-refractivity contribution in [2.45, 2.75) is 52.2 Å². The third-order valence-electron chi connectivity index (χ3n) is 3.89. The number of aryl methyl sites for hydroxylation is 2. The first-order valence-electron chi connectivity index (χ1n) is 6.47. The smallest absolute Gasteiger partial charge is 0.106 e. The van der Waals surface area contributed by atoms with E-state index in [0.717, 1.165) is 37.5 Å². The van der Waals surface area contributed by atoms with Crippen molar-refractivity contribution in [1.29, 1.82) is 0 Å². The summed E-state index contributed by atoms with van der Waals surface area (Å²) in [5.41, 5.74) is 1.40. The molecule has 3 nitrogen and oxygen atoms in total. The molecule has 1 aliphatic rings. The van der Waals surface area contributed by atoms with Gasteiger partial charge in [-0.3, -0.25) is 0 Å². The van der Waals surface area contributed by atoms with Gasteiger partial charge in [0.05, 0.1) is 6.10 Å². The summed E-state index contributed by atoms with van der Waals surface area (Å²) in [7, 11) is 0. The molecule has 0 aliphatic carbocycles. The number of furan rings is 1. The molecule has 96 valence electrons. The lowest BCUT2D eigenvalue weighted by Crippen LogP contribution is -2.42. The maximum atomic E-state index is 5.96. The van der Waals surface area contributed by atoms with Crippen molar-refractivity contribution in [3.05, 3.63) is 23.2 Å². The maximum Gasteiger partial charge on any atom is 0.106 e.